The first kappa shape index (κ1) is 21.3. The molecule has 2 aromatic carbocycles. The summed E-state index contributed by atoms with van der Waals surface area (Å²) < 4.78 is 13.7. The molecule has 0 aromatic heterocycles. The predicted molar refractivity (Wildman–Crippen MR) is 115 cm³/mol. The molecule has 1 aliphatic heterocycles. The lowest BCUT2D eigenvalue weighted by Crippen LogP contribution is -2.50. The number of anilines is 1. The number of carbonyl (C=O) groups excluding carboxylic acids is 2. The summed E-state index contributed by atoms with van der Waals surface area (Å²) in [7, 11) is 0. The lowest BCUT2D eigenvalue weighted by atomic mass is 10.1. The summed E-state index contributed by atoms with van der Waals surface area (Å²) >= 11 is 1.22. The Labute approximate surface area is 175 Å². The molecule has 2 amide bonds. The summed E-state index contributed by atoms with van der Waals surface area (Å²) in [4.78, 5) is 29.1. The van der Waals surface area contributed by atoms with Crippen molar-refractivity contribution in [3.63, 3.8) is 0 Å². The van der Waals surface area contributed by atoms with Gasteiger partial charge in [-0.25, -0.2) is 4.39 Å². The van der Waals surface area contributed by atoms with Gasteiger partial charge in [-0.1, -0.05) is 24.3 Å². The maximum absolute atomic E-state index is 13.7. The Morgan fingerprint density at radius 2 is 1.76 bits per heavy atom. The van der Waals surface area contributed by atoms with Gasteiger partial charge < -0.3 is 10.2 Å². The van der Waals surface area contributed by atoms with Crippen LogP contribution in [-0.4, -0.2) is 60.1 Å². The van der Waals surface area contributed by atoms with E-state index in [1.165, 1.54) is 17.8 Å². The van der Waals surface area contributed by atoms with Crippen molar-refractivity contribution in [1.29, 1.82) is 0 Å². The third-order valence-corrected chi connectivity index (χ3v) is 6.19. The van der Waals surface area contributed by atoms with Crippen molar-refractivity contribution in [2.75, 3.05) is 43.8 Å². The quantitative estimate of drug-likeness (QED) is 0.736. The van der Waals surface area contributed by atoms with E-state index in [2.05, 4.69) is 5.32 Å². The molecule has 1 fully saturated rings. The molecule has 1 heterocycles. The molecule has 3 rings (SSSR count). The number of nitrogens with zero attached hydrogens (tertiary/aromatic N) is 2. The molecule has 29 heavy (non-hydrogen) atoms. The zero-order valence-electron chi connectivity index (χ0n) is 16.8. The van der Waals surface area contributed by atoms with Crippen molar-refractivity contribution in [2.45, 2.75) is 18.7 Å². The summed E-state index contributed by atoms with van der Waals surface area (Å²) in [6.45, 7) is 6.77. The van der Waals surface area contributed by atoms with Crippen LogP contribution >= 0.6 is 11.8 Å². The Kier molecular flexibility index (Phi) is 7.28. The number of piperazine rings is 1. The number of amides is 2. The zero-order valence-corrected chi connectivity index (χ0v) is 17.6. The minimum absolute atomic E-state index is 0.00209. The second kappa shape index (κ2) is 9.89. The first-order valence-electron chi connectivity index (χ1n) is 9.67. The molecule has 1 aliphatic rings. The minimum atomic E-state index is -0.301. The summed E-state index contributed by atoms with van der Waals surface area (Å²) in [5.41, 5.74) is 3.06. The number of hydrogen-bond acceptors (Lipinski definition) is 4. The molecule has 2 aromatic rings. The SMILES string of the molecule is Cc1cccc(NC(=O)CN2CCN(C(=O)CSc3ccccc3F)CC2)c1C. The van der Waals surface area contributed by atoms with Gasteiger partial charge in [0.25, 0.3) is 0 Å². The molecule has 7 heteroatoms. The Morgan fingerprint density at radius 1 is 1.03 bits per heavy atom. The van der Waals surface area contributed by atoms with Gasteiger partial charge in [0.05, 0.1) is 12.3 Å². The number of rotatable bonds is 6. The van der Waals surface area contributed by atoms with E-state index in [0.29, 0.717) is 37.6 Å². The van der Waals surface area contributed by atoms with Crippen LogP contribution < -0.4 is 5.32 Å². The van der Waals surface area contributed by atoms with E-state index < -0.39 is 0 Å². The van der Waals surface area contributed by atoms with E-state index >= 15 is 0 Å². The molecule has 0 saturated carbocycles. The molecule has 0 radical (unpaired) electrons. The largest absolute Gasteiger partial charge is 0.339 e. The molecule has 154 valence electrons. The topological polar surface area (TPSA) is 52.7 Å². The number of nitrogens with one attached hydrogen (secondary N) is 1. The predicted octanol–water partition coefficient (Wildman–Crippen LogP) is 3.32. The van der Waals surface area contributed by atoms with Crippen LogP contribution in [0.1, 0.15) is 11.1 Å². The fourth-order valence-corrected chi connectivity index (χ4v) is 4.07. The fourth-order valence-electron chi connectivity index (χ4n) is 3.23. The van der Waals surface area contributed by atoms with Crippen molar-refractivity contribution in [2.24, 2.45) is 0 Å². The standard InChI is InChI=1S/C22H26FN3O2S/c1-16-6-5-8-19(17(16)2)24-21(27)14-25-10-12-26(13-11-25)22(28)15-29-20-9-4-3-7-18(20)23/h3-9H,10-15H2,1-2H3,(H,24,27). The summed E-state index contributed by atoms with van der Waals surface area (Å²) in [5, 5.41) is 2.98. The second-order valence-electron chi connectivity index (χ2n) is 7.17. The molecular weight excluding hydrogens is 389 g/mol. The highest BCUT2D eigenvalue weighted by atomic mass is 32.2. The average molecular weight is 416 g/mol. The second-order valence-corrected chi connectivity index (χ2v) is 8.19. The van der Waals surface area contributed by atoms with Crippen LogP contribution in [0.2, 0.25) is 0 Å². The van der Waals surface area contributed by atoms with Crippen molar-refractivity contribution in [3.8, 4) is 0 Å². The maximum atomic E-state index is 13.7. The molecule has 0 aliphatic carbocycles. The molecule has 0 atom stereocenters. The number of hydrogen-bond donors (Lipinski definition) is 1. The summed E-state index contributed by atoms with van der Waals surface area (Å²) in [5.74, 6) is -0.134. The number of benzene rings is 2. The number of halogens is 1. The van der Waals surface area contributed by atoms with Crippen LogP contribution in [0.4, 0.5) is 10.1 Å². The Morgan fingerprint density at radius 3 is 2.48 bits per heavy atom. The maximum Gasteiger partial charge on any atom is 0.238 e. The monoisotopic (exact) mass is 415 g/mol. The van der Waals surface area contributed by atoms with E-state index in [4.69, 9.17) is 0 Å². The van der Waals surface area contributed by atoms with Gasteiger partial charge in [0.1, 0.15) is 5.82 Å². The Bertz CT molecular complexity index is 882. The minimum Gasteiger partial charge on any atom is -0.339 e. The van der Waals surface area contributed by atoms with Crippen molar-refractivity contribution < 1.29 is 14.0 Å². The zero-order chi connectivity index (χ0) is 20.8. The Balaban J connectivity index is 1.43. The molecule has 5 nitrogen and oxygen atoms in total. The third-order valence-electron chi connectivity index (χ3n) is 5.16. The van der Waals surface area contributed by atoms with Crippen LogP contribution in [0.25, 0.3) is 0 Å². The molecular formula is C22H26FN3O2S. The van der Waals surface area contributed by atoms with Gasteiger partial charge in [-0.3, -0.25) is 14.5 Å². The highest BCUT2D eigenvalue weighted by Crippen LogP contribution is 2.22. The van der Waals surface area contributed by atoms with E-state index in [1.807, 2.05) is 36.9 Å². The number of carbonyl (C=O) groups is 2. The summed E-state index contributed by atoms with van der Waals surface area (Å²) in [6.07, 6.45) is 0. The first-order valence-corrected chi connectivity index (χ1v) is 10.7. The summed E-state index contributed by atoms with van der Waals surface area (Å²) in [6, 6.07) is 12.3. The van der Waals surface area contributed by atoms with Gasteiger partial charge in [-0.05, 0) is 43.2 Å². The Hall–Kier alpha value is -2.38. The van der Waals surface area contributed by atoms with Crippen molar-refractivity contribution in [1.82, 2.24) is 9.80 Å². The van der Waals surface area contributed by atoms with Crippen LogP contribution in [0.5, 0.6) is 0 Å². The van der Waals surface area contributed by atoms with E-state index in [1.54, 1.807) is 23.1 Å². The van der Waals surface area contributed by atoms with E-state index in [0.717, 1.165) is 16.8 Å². The first-order chi connectivity index (χ1) is 13.9. The lowest BCUT2D eigenvalue weighted by Gasteiger charge is -2.34. The molecule has 0 unspecified atom stereocenters. The van der Waals surface area contributed by atoms with E-state index in [9.17, 15) is 14.0 Å². The molecule has 1 saturated heterocycles. The van der Waals surface area contributed by atoms with Crippen molar-refractivity contribution in [3.05, 3.63) is 59.4 Å². The third kappa shape index (κ3) is 5.81. The van der Waals surface area contributed by atoms with Crippen LogP contribution in [0, 0.1) is 19.7 Å². The van der Waals surface area contributed by atoms with Crippen molar-refractivity contribution >= 4 is 29.3 Å². The van der Waals surface area contributed by atoms with Gasteiger partial charge in [0.15, 0.2) is 0 Å². The number of aryl methyl sites for hydroxylation is 1. The van der Waals surface area contributed by atoms with Gasteiger partial charge in [-0.2, -0.15) is 0 Å². The van der Waals surface area contributed by atoms with E-state index in [-0.39, 0.29) is 23.4 Å². The molecule has 1 N–H and O–H groups in total. The van der Waals surface area contributed by atoms with Gasteiger partial charge in [0.2, 0.25) is 11.8 Å². The van der Waals surface area contributed by atoms with Crippen LogP contribution in [-0.2, 0) is 9.59 Å². The highest BCUT2D eigenvalue weighted by Gasteiger charge is 2.22. The fraction of sp³-hybridized carbons (Fsp3) is 0.364. The lowest BCUT2D eigenvalue weighted by molar-refractivity contribution is -0.130. The smallest absolute Gasteiger partial charge is 0.238 e. The van der Waals surface area contributed by atoms with Crippen LogP contribution in [0.15, 0.2) is 47.4 Å². The van der Waals surface area contributed by atoms with Gasteiger partial charge in [0, 0.05) is 36.8 Å². The van der Waals surface area contributed by atoms with Crippen LogP contribution in [0.3, 0.4) is 0 Å². The molecule has 0 spiro atoms. The van der Waals surface area contributed by atoms with Gasteiger partial charge >= 0.3 is 0 Å². The normalized spacial score (nSPS) is 14.7. The highest BCUT2D eigenvalue weighted by molar-refractivity contribution is 8.00. The molecule has 0 bridgehead atoms. The van der Waals surface area contributed by atoms with Gasteiger partial charge in [-0.15, -0.1) is 11.8 Å². The average Bonchev–Trinajstić information content (AvgIpc) is 2.71. The number of thioether (sulfide) groups is 1.